The minimum absolute atomic E-state index is 0.0921. The number of carbonyl (C=O) groups is 1. The highest BCUT2D eigenvalue weighted by molar-refractivity contribution is 7.89. The quantitative estimate of drug-likeness (QED) is 0.752. The second kappa shape index (κ2) is 8.56. The van der Waals surface area contributed by atoms with Crippen LogP contribution in [0.1, 0.15) is 12.1 Å². The van der Waals surface area contributed by atoms with Gasteiger partial charge in [-0.05, 0) is 32.2 Å². The molecule has 0 radical (unpaired) electrons. The number of hydrogen-bond acceptors (Lipinski definition) is 6. The van der Waals surface area contributed by atoms with Crippen LogP contribution in [0.2, 0.25) is 0 Å². The molecule has 0 aliphatic carbocycles. The third-order valence-corrected chi connectivity index (χ3v) is 7.53. The Labute approximate surface area is 168 Å². The van der Waals surface area contributed by atoms with Gasteiger partial charge in [0.05, 0.1) is 4.90 Å². The van der Waals surface area contributed by atoms with Crippen LogP contribution in [0.4, 0.5) is 5.69 Å². The van der Waals surface area contributed by atoms with E-state index in [0.717, 1.165) is 17.0 Å². The van der Waals surface area contributed by atoms with Crippen molar-refractivity contribution in [1.82, 2.24) is 13.8 Å². The van der Waals surface area contributed by atoms with E-state index in [1.165, 1.54) is 16.4 Å². The van der Waals surface area contributed by atoms with Gasteiger partial charge in [-0.15, -0.1) is 0 Å². The van der Waals surface area contributed by atoms with Gasteiger partial charge in [0, 0.05) is 55.9 Å². The van der Waals surface area contributed by atoms with E-state index < -0.39 is 10.0 Å². The Morgan fingerprint density at radius 3 is 2.57 bits per heavy atom. The van der Waals surface area contributed by atoms with Crippen LogP contribution >= 0.6 is 11.3 Å². The standard InChI is InChI=1S/C18H24N4O4S2/c1-14-13-27-18(24)22(14)7-6-17(23)19-15-4-3-5-16(12-15)28(25,26)21-10-8-20(2)9-11-21/h3-5,12-13H,6-11H2,1-2H3,(H,19,23). The van der Waals surface area contributed by atoms with Gasteiger partial charge in [0.1, 0.15) is 0 Å². The van der Waals surface area contributed by atoms with Crippen molar-refractivity contribution < 1.29 is 13.2 Å². The third kappa shape index (κ3) is 4.69. The molecule has 2 heterocycles. The number of hydrogen-bond donors (Lipinski definition) is 1. The molecule has 1 aliphatic heterocycles. The zero-order valence-electron chi connectivity index (χ0n) is 15.9. The number of sulfonamides is 1. The maximum atomic E-state index is 12.8. The van der Waals surface area contributed by atoms with E-state index in [2.05, 4.69) is 10.2 Å². The Morgan fingerprint density at radius 2 is 1.93 bits per heavy atom. The van der Waals surface area contributed by atoms with Gasteiger partial charge in [-0.1, -0.05) is 17.4 Å². The predicted molar refractivity (Wildman–Crippen MR) is 109 cm³/mol. The van der Waals surface area contributed by atoms with E-state index in [1.807, 2.05) is 14.0 Å². The monoisotopic (exact) mass is 424 g/mol. The van der Waals surface area contributed by atoms with Crippen LogP contribution in [-0.2, 0) is 21.4 Å². The van der Waals surface area contributed by atoms with Gasteiger partial charge in [0.25, 0.3) is 0 Å². The fourth-order valence-corrected chi connectivity index (χ4v) is 5.25. The second-order valence-electron chi connectivity index (χ2n) is 6.83. The zero-order chi connectivity index (χ0) is 20.3. The molecular formula is C18H24N4O4S2. The number of benzene rings is 1. The number of amides is 1. The van der Waals surface area contributed by atoms with Crippen LogP contribution in [-0.4, -0.2) is 61.3 Å². The summed E-state index contributed by atoms with van der Waals surface area (Å²) in [6, 6.07) is 6.29. The van der Waals surface area contributed by atoms with Gasteiger partial charge in [-0.2, -0.15) is 4.31 Å². The normalized spacial score (nSPS) is 16.2. The highest BCUT2D eigenvalue weighted by Crippen LogP contribution is 2.21. The molecule has 1 aromatic carbocycles. The number of thiazole rings is 1. The summed E-state index contributed by atoms with van der Waals surface area (Å²) >= 11 is 1.11. The van der Waals surface area contributed by atoms with Crippen molar-refractivity contribution in [3.8, 4) is 0 Å². The molecule has 1 fully saturated rings. The van der Waals surface area contributed by atoms with Crippen LogP contribution in [0.5, 0.6) is 0 Å². The summed E-state index contributed by atoms with van der Waals surface area (Å²) in [6.45, 7) is 4.39. The van der Waals surface area contributed by atoms with E-state index in [9.17, 15) is 18.0 Å². The summed E-state index contributed by atoms with van der Waals surface area (Å²) in [5, 5.41) is 4.48. The molecule has 0 unspecified atom stereocenters. The Morgan fingerprint density at radius 1 is 1.21 bits per heavy atom. The molecule has 8 nitrogen and oxygen atoms in total. The van der Waals surface area contributed by atoms with Gasteiger partial charge in [0.15, 0.2) is 0 Å². The smallest absolute Gasteiger partial charge is 0.307 e. The first kappa shape index (κ1) is 20.7. The molecule has 0 bridgehead atoms. The molecule has 1 N–H and O–H groups in total. The molecular weight excluding hydrogens is 400 g/mol. The van der Waals surface area contributed by atoms with Gasteiger partial charge in [0.2, 0.25) is 15.9 Å². The van der Waals surface area contributed by atoms with Crippen molar-refractivity contribution in [2.45, 2.75) is 24.8 Å². The van der Waals surface area contributed by atoms with E-state index in [1.54, 1.807) is 22.1 Å². The number of nitrogens with zero attached hydrogens (tertiary/aromatic N) is 3. The van der Waals surface area contributed by atoms with Crippen molar-refractivity contribution in [3.05, 3.63) is 45.0 Å². The lowest BCUT2D eigenvalue weighted by Crippen LogP contribution is -2.47. The van der Waals surface area contributed by atoms with Crippen LogP contribution in [0, 0.1) is 6.92 Å². The lowest BCUT2D eigenvalue weighted by atomic mass is 10.3. The van der Waals surface area contributed by atoms with Crippen LogP contribution in [0.25, 0.3) is 0 Å². The number of nitrogens with one attached hydrogen (secondary N) is 1. The van der Waals surface area contributed by atoms with Gasteiger partial charge in [-0.25, -0.2) is 8.42 Å². The van der Waals surface area contributed by atoms with Crippen LogP contribution in [0.3, 0.4) is 0 Å². The molecule has 1 amide bonds. The van der Waals surface area contributed by atoms with Gasteiger partial charge < -0.3 is 14.8 Å². The highest BCUT2D eigenvalue weighted by atomic mass is 32.2. The summed E-state index contributed by atoms with van der Waals surface area (Å²) in [7, 11) is -1.63. The molecule has 2 aromatic rings. The lowest BCUT2D eigenvalue weighted by molar-refractivity contribution is -0.116. The van der Waals surface area contributed by atoms with E-state index >= 15 is 0 Å². The number of anilines is 1. The Hall–Kier alpha value is -2.01. The van der Waals surface area contributed by atoms with Crippen molar-refractivity contribution in [3.63, 3.8) is 0 Å². The molecule has 1 aromatic heterocycles. The maximum absolute atomic E-state index is 12.8. The number of likely N-dealkylation sites (N-methyl/N-ethyl adjacent to an activating group) is 1. The average Bonchev–Trinajstić information content (AvgIpc) is 2.98. The van der Waals surface area contributed by atoms with E-state index in [0.29, 0.717) is 38.4 Å². The lowest BCUT2D eigenvalue weighted by Gasteiger charge is -2.31. The summed E-state index contributed by atoms with van der Waals surface area (Å²) < 4.78 is 28.7. The molecule has 10 heteroatoms. The number of piperazine rings is 1. The highest BCUT2D eigenvalue weighted by Gasteiger charge is 2.27. The number of carbonyl (C=O) groups excluding carboxylic acids is 1. The summed E-state index contributed by atoms with van der Waals surface area (Å²) in [4.78, 5) is 26.1. The van der Waals surface area contributed by atoms with Gasteiger partial charge >= 0.3 is 4.87 Å². The first-order valence-corrected chi connectivity index (χ1v) is 11.3. The number of rotatable bonds is 6. The molecule has 0 saturated carbocycles. The first-order valence-electron chi connectivity index (χ1n) is 9.01. The van der Waals surface area contributed by atoms with Gasteiger partial charge in [-0.3, -0.25) is 9.59 Å². The first-order chi connectivity index (χ1) is 13.3. The summed E-state index contributed by atoms with van der Waals surface area (Å²) in [6.07, 6.45) is 0.132. The number of aryl methyl sites for hydroxylation is 1. The topological polar surface area (TPSA) is 91.7 Å². The zero-order valence-corrected chi connectivity index (χ0v) is 17.6. The maximum Gasteiger partial charge on any atom is 0.307 e. The predicted octanol–water partition coefficient (Wildman–Crippen LogP) is 1.18. The van der Waals surface area contributed by atoms with Crippen LogP contribution < -0.4 is 10.2 Å². The Kier molecular flexibility index (Phi) is 6.33. The molecule has 0 atom stereocenters. The van der Waals surface area contributed by atoms with Crippen LogP contribution in [0.15, 0.2) is 39.3 Å². The SMILES string of the molecule is Cc1csc(=O)n1CCC(=O)Nc1cccc(S(=O)(=O)N2CCN(C)CC2)c1. The fraction of sp³-hybridized carbons (Fsp3) is 0.444. The minimum Gasteiger partial charge on any atom is -0.326 e. The molecule has 3 rings (SSSR count). The minimum atomic E-state index is -3.59. The summed E-state index contributed by atoms with van der Waals surface area (Å²) in [5.74, 6) is -0.272. The van der Waals surface area contributed by atoms with Crippen molar-refractivity contribution in [2.75, 3.05) is 38.5 Å². The average molecular weight is 425 g/mol. The molecule has 1 saturated heterocycles. The van der Waals surface area contributed by atoms with E-state index in [4.69, 9.17) is 0 Å². The molecule has 0 spiro atoms. The molecule has 1 aliphatic rings. The largest absolute Gasteiger partial charge is 0.326 e. The Bertz CT molecular complexity index is 1000. The third-order valence-electron chi connectivity index (χ3n) is 4.76. The van der Waals surface area contributed by atoms with Crippen molar-refractivity contribution >= 4 is 33.0 Å². The van der Waals surface area contributed by atoms with E-state index in [-0.39, 0.29) is 22.1 Å². The van der Waals surface area contributed by atoms with Crippen molar-refractivity contribution in [1.29, 1.82) is 0 Å². The molecule has 28 heavy (non-hydrogen) atoms. The summed E-state index contributed by atoms with van der Waals surface area (Å²) in [5.41, 5.74) is 1.25. The fourth-order valence-electron chi connectivity index (χ4n) is 3.02. The second-order valence-corrected chi connectivity index (χ2v) is 9.59. The molecule has 152 valence electrons. The Balaban J connectivity index is 1.66. The van der Waals surface area contributed by atoms with Crippen molar-refractivity contribution in [2.24, 2.45) is 0 Å². The number of aromatic nitrogens is 1.